The van der Waals surface area contributed by atoms with Gasteiger partial charge in [-0.25, -0.2) is 0 Å². The van der Waals surface area contributed by atoms with Gasteiger partial charge in [0, 0.05) is 6.04 Å². The van der Waals surface area contributed by atoms with E-state index in [1.54, 1.807) is 0 Å². The largest absolute Gasteiger partial charge is 0.271 e. The maximum atomic E-state index is 5.63. The number of hydrogen-bond donors (Lipinski definition) is 2. The van der Waals surface area contributed by atoms with E-state index in [2.05, 4.69) is 19.3 Å². The first kappa shape index (κ1) is 19.9. The SMILES string of the molecule is CCCCCCCCCCCCC(CCCCC)NN. The van der Waals surface area contributed by atoms with Gasteiger partial charge in [0.2, 0.25) is 0 Å². The first-order chi connectivity index (χ1) is 9.85. The molecule has 1 unspecified atom stereocenters. The van der Waals surface area contributed by atoms with Gasteiger partial charge in [-0.05, 0) is 12.8 Å². The Morgan fingerprint density at radius 3 is 1.40 bits per heavy atom. The molecule has 0 saturated heterocycles. The molecule has 1 atom stereocenters. The van der Waals surface area contributed by atoms with Crippen molar-refractivity contribution < 1.29 is 0 Å². The van der Waals surface area contributed by atoms with Crippen molar-refractivity contribution in [2.45, 2.75) is 116 Å². The molecule has 0 aromatic rings. The second-order valence-corrected chi connectivity index (χ2v) is 6.33. The van der Waals surface area contributed by atoms with Gasteiger partial charge < -0.3 is 0 Å². The molecule has 2 heteroatoms. The van der Waals surface area contributed by atoms with Gasteiger partial charge in [0.25, 0.3) is 0 Å². The van der Waals surface area contributed by atoms with Gasteiger partial charge in [-0.1, -0.05) is 97.3 Å². The van der Waals surface area contributed by atoms with Gasteiger partial charge in [0.1, 0.15) is 0 Å². The lowest BCUT2D eigenvalue weighted by Gasteiger charge is -2.15. The molecule has 3 N–H and O–H groups in total. The van der Waals surface area contributed by atoms with Gasteiger partial charge in [-0.2, -0.15) is 0 Å². The Hall–Kier alpha value is -0.0800. The molecule has 0 aliphatic rings. The van der Waals surface area contributed by atoms with E-state index in [0.717, 1.165) is 0 Å². The van der Waals surface area contributed by atoms with E-state index in [1.807, 2.05) is 0 Å². The Bertz CT molecular complexity index is 171. The van der Waals surface area contributed by atoms with Crippen molar-refractivity contribution in [1.29, 1.82) is 0 Å². The van der Waals surface area contributed by atoms with E-state index in [1.165, 1.54) is 96.3 Å². The summed E-state index contributed by atoms with van der Waals surface area (Å²) < 4.78 is 0. The monoisotopic (exact) mass is 284 g/mol. The van der Waals surface area contributed by atoms with Crippen molar-refractivity contribution in [3.63, 3.8) is 0 Å². The van der Waals surface area contributed by atoms with E-state index in [4.69, 9.17) is 5.84 Å². The molecule has 0 aromatic carbocycles. The summed E-state index contributed by atoms with van der Waals surface area (Å²) in [7, 11) is 0. The van der Waals surface area contributed by atoms with Crippen LogP contribution in [0, 0.1) is 0 Å². The Labute approximate surface area is 128 Å². The summed E-state index contributed by atoms with van der Waals surface area (Å²) in [6, 6.07) is 0.551. The van der Waals surface area contributed by atoms with Crippen LogP contribution in [-0.2, 0) is 0 Å². The quantitative estimate of drug-likeness (QED) is 0.216. The molecule has 0 aromatic heterocycles. The molecular formula is C18H40N2. The van der Waals surface area contributed by atoms with Crippen molar-refractivity contribution >= 4 is 0 Å². The van der Waals surface area contributed by atoms with Crippen LogP contribution in [0.2, 0.25) is 0 Å². The second-order valence-electron chi connectivity index (χ2n) is 6.33. The summed E-state index contributed by atoms with van der Waals surface area (Å²) >= 11 is 0. The molecule has 2 nitrogen and oxygen atoms in total. The van der Waals surface area contributed by atoms with Crippen LogP contribution in [0.1, 0.15) is 110 Å². The van der Waals surface area contributed by atoms with Crippen LogP contribution < -0.4 is 11.3 Å². The first-order valence-corrected chi connectivity index (χ1v) is 9.31. The van der Waals surface area contributed by atoms with Crippen LogP contribution in [-0.4, -0.2) is 6.04 Å². The van der Waals surface area contributed by atoms with Crippen LogP contribution in [0.4, 0.5) is 0 Å². The molecule has 0 aliphatic heterocycles. The minimum Gasteiger partial charge on any atom is -0.271 e. The highest BCUT2D eigenvalue weighted by Gasteiger charge is 2.05. The van der Waals surface area contributed by atoms with Crippen LogP contribution >= 0.6 is 0 Å². The maximum absolute atomic E-state index is 5.63. The van der Waals surface area contributed by atoms with Crippen molar-refractivity contribution in [1.82, 2.24) is 5.43 Å². The number of hydrazine groups is 1. The van der Waals surface area contributed by atoms with Crippen LogP contribution in [0.3, 0.4) is 0 Å². The Balaban J connectivity index is 3.20. The number of nitrogens with one attached hydrogen (secondary N) is 1. The highest BCUT2D eigenvalue weighted by atomic mass is 15.2. The van der Waals surface area contributed by atoms with E-state index >= 15 is 0 Å². The minimum atomic E-state index is 0.551. The first-order valence-electron chi connectivity index (χ1n) is 9.31. The average Bonchev–Trinajstić information content (AvgIpc) is 2.47. The summed E-state index contributed by atoms with van der Waals surface area (Å²) in [5.74, 6) is 5.63. The lowest BCUT2D eigenvalue weighted by Crippen LogP contribution is -2.34. The van der Waals surface area contributed by atoms with Gasteiger partial charge in [-0.15, -0.1) is 0 Å². The zero-order valence-corrected chi connectivity index (χ0v) is 14.3. The standard InChI is InChI=1S/C18H40N2/c1-3-5-7-8-9-10-11-12-13-15-17-18(20-19)16-14-6-4-2/h18,20H,3-17,19H2,1-2H3. The van der Waals surface area contributed by atoms with Crippen molar-refractivity contribution in [2.75, 3.05) is 0 Å². The third kappa shape index (κ3) is 14.3. The fraction of sp³-hybridized carbons (Fsp3) is 1.00. The number of unbranched alkanes of at least 4 members (excludes halogenated alkanes) is 11. The van der Waals surface area contributed by atoms with E-state index in [0.29, 0.717) is 6.04 Å². The fourth-order valence-corrected chi connectivity index (χ4v) is 2.83. The van der Waals surface area contributed by atoms with Crippen LogP contribution in [0.15, 0.2) is 0 Å². The zero-order chi connectivity index (χ0) is 14.9. The van der Waals surface area contributed by atoms with Gasteiger partial charge >= 0.3 is 0 Å². The zero-order valence-electron chi connectivity index (χ0n) is 14.3. The third-order valence-electron chi connectivity index (χ3n) is 4.30. The van der Waals surface area contributed by atoms with Crippen molar-refractivity contribution in [3.05, 3.63) is 0 Å². The molecule has 0 bridgehead atoms. The summed E-state index contributed by atoms with van der Waals surface area (Å²) in [5, 5.41) is 0. The molecule has 0 fully saturated rings. The van der Waals surface area contributed by atoms with Crippen molar-refractivity contribution in [3.8, 4) is 0 Å². The third-order valence-corrected chi connectivity index (χ3v) is 4.30. The normalized spacial score (nSPS) is 12.8. The minimum absolute atomic E-state index is 0.551. The number of rotatable bonds is 16. The highest BCUT2D eigenvalue weighted by molar-refractivity contribution is 4.63. The van der Waals surface area contributed by atoms with Gasteiger partial charge in [0.15, 0.2) is 0 Å². The molecular weight excluding hydrogens is 244 g/mol. The molecule has 122 valence electrons. The lowest BCUT2D eigenvalue weighted by molar-refractivity contribution is 0.422. The lowest BCUT2D eigenvalue weighted by atomic mass is 10.0. The highest BCUT2D eigenvalue weighted by Crippen LogP contribution is 2.13. The van der Waals surface area contributed by atoms with Crippen molar-refractivity contribution in [2.24, 2.45) is 5.84 Å². The summed E-state index contributed by atoms with van der Waals surface area (Å²) in [6.07, 6.45) is 20.6. The Kier molecular flexibility index (Phi) is 16.9. The average molecular weight is 285 g/mol. The molecule has 0 rings (SSSR count). The summed E-state index contributed by atoms with van der Waals surface area (Å²) in [5.41, 5.74) is 2.99. The van der Waals surface area contributed by atoms with Gasteiger partial charge in [0.05, 0.1) is 0 Å². The van der Waals surface area contributed by atoms with Crippen LogP contribution in [0.5, 0.6) is 0 Å². The molecule has 0 amide bonds. The predicted molar refractivity (Wildman–Crippen MR) is 91.7 cm³/mol. The maximum Gasteiger partial charge on any atom is 0.0210 e. The molecule has 20 heavy (non-hydrogen) atoms. The molecule has 0 saturated carbocycles. The summed E-state index contributed by atoms with van der Waals surface area (Å²) in [6.45, 7) is 4.54. The number of nitrogens with two attached hydrogens (primary N) is 1. The molecule has 0 heterocycles. The smallest absolute Gasteiger partial charge is 0.0210 e. The van der Waals surface area contributed by atoms with Crippen LogP contribution in [0.25, 0.3) is 0 Å². The van der Waals surface area contributed by atoms with Gasteiger partial charge in [-0.3, -0.25) is 11.3 Å². The fourth-order valence-electron chi connectivity index (χ4n) is 2.83. The topological polar surface area (TPSA) is 38.0 Å². The Morgan fingerprint density at radius 2 is 0.950 bits per heavy atom. The second kappa shape index (κ2) is 17.0. The predicted octanol–water partition coefficient (Wildman–Crippen LogP) is 5.71. The Morgan fingerprint density at radius 1 is 0.600 bits per heavy atom. The van der Waals surface area contributed by atoms with E-state index in [9.17, 15) is 0 Å². The molecule has 0 aliphatic carbocycles. The van der Waals surface area contributed by atoms with E-state index < -0.39 is 0 Å². The summed E-state index contributed by atoms with van der Waals surface area (Å²) in [4.78, 5) is 0. The number of hydrogen-bond acceptors (Lipinski definition) is 2. The molecule has 0 spiro atoms. The van der Waals surface area contributed by atoms with E-state index in [-0.39, 0.29) is 0 Å². The molecule has 0 radical (unpaired) electrons.